The second-order valence-corrected chi connectivity index (χ2v) is 8.50. The maximum Gasteiger partial charge on any atom is 0.256 e. The number of fused-ring (bicyclic) bond motifs is 1. The zero-order valence-electron chi connectivity index (χ0n) is 15.4. The predicted octanol–water partition coefficient (Wildman–Crippen LogP) is 3.95. The lowest BCUT2D eigenvalue weighted by atomic mass is 9.97. The number of likely N-dealkylation sites (tertiary alicyclic amines) is 1. The highest BCUT2D eigenvalue weighted by Gasteiger charge is 2.28. The van der Waals surface area contributed by atoms with Gasteiger partial charge in [0.05, 0.1) is 26.5 Å². The maximum atomic E-state index is 13.2. The van der Waals surface area contributed by atoms with E-state index in [1.54, 1.807) is 29.5 Å². The van der Waals surface area contributed by atoms with Gasteiger partial charge in [0.15, 0.2) is 0 Å². The molecule has 1 saturated heterocycles. The Morgan fingerprint density at radius 3 is 2.72 bits per heavy atom. The molecule has 2 aromatic heterocycles. The number of nitrogens with zero attached hydrogens (tertiary/aromatic N) is 6. The second-order valence-electron chi connectivity index (χ2n) is 7.00. The summed E-state index contributed by atoms with van der Waals surface area (Å²) in [5.74, 6) is 0.329. The molecule has 2 aromatic carbocycles. The zero-order valence-corrected chi connectivity index (χ0v) is 17.0. The topological polar surface area (TPSA) is 76.8 Å². The number of amides is 1. The fourth-order valence-electron chi connectivity index (χ4n) is 3.72. The van der Waals surface area contributed by atoms with Crippen molar-refractivity contribution in [3.8, 4) is 5.69 Å². The summed E-state index contributed by atoms with van der Waals surface area (Å²) in [6, 6.07) is 13.4. The summed E-state index contributed by atoms with van der Waals surface area (Å²) < 4.78 is 2.70. The Balaban J connectivity index is 1.35. The van der Waals surface area contributed by atoms with Gasteiger partial charge in [-0.15, -0.1) is 16.4 Å². The van der Waals surface area contributed by atoms with Crippen molar-refractivity contribution in [2.45, 2.75) is 18.8 Å². The molecule has 1 aliphatic rings. The van der Waals surface area contributed by atoms with Gasteiger partial charge in [0.2, 0.25) is 0 Å². The molecule has 4 aromatic rings. The van der Waals surface area contributed by atoms with Crippen LogP contribution in [0, 0.1) is 0 Å². The largest absolute Gasteiger partial charge is 0.339 e. The first-order valence-electron chi connectivity index (χ1n) is 9.37. The van der Waals surface area contributed by atoms with Crippen LogP contribution in [0.25, 0.3) is 15.9 Å². The number of para-hydroxylation sites is 1. The molecule has 5 rings (SSSR count). The van der Waals surface area contributed by atoms with E-state index in [0.29, 0.717) is 35.3 Å². The third kappa shape index (κ3) is 3.49. The monoisotopic (exact) mass is 424 g/mol. The van der Waals surface area contributed by atoms with Crippen molar-refractivity contribution in [1.29, 1.82) is 0 Å². The zero-order chi connectivity index (χ0) is 19.8. The summed E-state index contributed by atoms with van der Waals surface area (Å²) in [6.45, 7) is 1.36. The predicted molar refractivity (Wildman–Crippen MR) is 112 cm³/mol. The number of thiazole rings is 1. The van der Waals surface area contributed by atoms with Gasteiger partial charge in [-0.05, 0) is 53.6 Å². The van der Waals surface area contributed by atoms with Crippen LogP contribution >= 0.6 is 22.9 Å². The van der Waals surface area contributed by atoms with Gasteiger partial charge in [-0.2, -0.15) is 4.68 Å². The van der Waals surface area contributed by atoms with E-state index < -0.39 is 0 Å². The average molecular weight is 425 g/mol. The number of halogens is 1. The number of carbonyl (C=O) groups is 1. The Hall–Kier alpha value is -2.84. The second kappa shape index (κ2) is 7.53. The van der Waals surface area contributed by atoms with Crippen LogP contribution in [0.2, 0.25) is 5.02 Å². The van der Waals surface area contributed by atoms with Crippen LogP contribution in [0.1, 0.15) is 34.1 Å². The summed E-state index contributed by atoms with van der Waals surface area (Å²) in [5.41, 5.74) is 2.18. The van der Waals surface area contributed by atoms with Crippen molar-refractivity contribution in [2.24, 2.45) is 0 Å². The van der Waals surface area contributed by atoms with Gasteiger partial charge in [0.1, 0.15) is 6.33 Å². The molecule has 7 nitrogen and oxygen atoms in total. The van der Waals surface area contributed by atoms with Crippen LogP contribution in [0.15, 0.2) is 48.8 Å². The molecule has 0 spiro atoms. The molecule has 9 heteroatoms. The van der Waals surface area contributed by atoms with Crippen LogP contribution in [-0.4, -0.2) is 49.1 Å². The standard InChI is InChI=1S/C20H17ClN6OS/c21-14-5-6-17(27-12-22-24-25-27)15(11-14)20(28)26-9-7-13(8-10-26)19-23-16-3-1-2-4-18(16)29-19/h1-6,11-13H,7-10H2. The molecule has 0 saturated carbocycles. The van der Waals surface area contributed by atoms with Crippen molar-refractivity contribution in [2.75, 3.05) is 13.1 Å². The number of carbonyl (C=O) groups excluding carboxylic acids is 1. The average Bonchev–Trinajstić information content (AvgIpc) is 3.43. The van der Waals surface area contributed by atoms with Gasteiger partial charge in [0, 0.05) is 24.0 Å². The van der Waals surface area contributed by atoms with E-state index in [1.807, 2.05) is 23.1 Å². The Bertz CT molecular complexity index is 1130. The van der Waals surface area contributed by atoms with E-state index in [1.165, 1.54) is 15.7 Å². The number of hydrogen-bond donors (Lipinski definition) is 0. The van der Waals surface area contributed by atoms with Gasteiger partial charge in [-0.25, -0.2) is 4.98 Å². The van der Waals surface area contributed by atoms with Gasteiger partial charge < -0.3 is 4.90 Å². The molecule has 0 aliphatic carbocycles. The van der Waals surface area contributed by atoms with Gasteiger partial charge in [0.25, 0.3) is 5.91 Å². The summed E-state index contributed by atoms with van der Waals surface area (Å²) in [5, 5.41) is 12.9. The molecule has 1 aliphatic heterocycles. The maximum absolute atomic E-state index is 13.2. The Morgan fingerprint density at radius 1 is 1.14 bits per heavy atom. The van der Waals surface area contributed by atoms with Gasteiger partial charge in [-0.1, -0.05) is 23.7 Å². The normalized spacial score (nSPS) is 15.1. The molecule has 0 N–H and O–H groups in total. The minimum atomic E-state index is -0.0549. The highest BCUT2D eigenvalue weighted by molar-refractivity contribution is 7.18. The quantitative estimate of drug-likeness (QED) is 0.497. The SMILES string of the molecule is O=C(c1cc(Cl)ccc1-n1cnnn1)N1CCC(c2nc3ccccc3s2)CC1. The molecular formula is C20H17ClN6OS. The number of aromatic nitrogens is 5. The van der Waals surface area contributed by atoms with Gasteiger partial charge >= 0.3 is 0 Å². The molecule has 0 atom stereocenters. The Labute approximate surface area is 175 Å². The summed E-state index contributed by atoms with van der Waals surface area (Å²) in [6.07, 6.45) is 3.26. The van der Waals surface area contributed by atoms with Crippen LogP contribution in [0.3, 0.4) is 0 Å². The molecular weight excluding hydrogens is 408 g/mol. The van der Waals surface area contributed by atoms with Crippen molar-refractivity contribution in [3.63, 3.8) is 0 Å². The lowest BCUT2D eigenvalue weighted by Crippen LogP contribution is -2.38. The first-order valence-corrected chi connectivity index (χ1v) is 10.6. The minimum Gasteiger partial charge on any atom is -0.339 e. The highest BCUT2D eigenvalue weighted by Crippen LogP contribution is 2.34. The first kappa shape index (κ1) is 18.2. The highest BCUT2D eigenvalue weighted by atomic mass is 35.5. The van der Waals surface area contributed by atoms with E-state index in [4.69, 9.17) is 16.6 Å². The van der Waals surface area contributed by atoms with Crippen LogP contribution < -0.4 is 0 Å². The van der Waals surface area contributed by atoms with Crippen LogP contribution in [-0.2, 0) is 0 Å². The summed E-state index contributed by atoms with van der Waals surface area (Å²) in [7, 11) is 0. The molecule has 1 fully saturated rings. The molecule has 0 unspecified atom stereocenters. The lowest BCUT2D eigenvalue weighted by Gasteiger charge is -2.31. The number of piperidine rings is 1. The van der Waals surface area contributed by atoms with E-state index >= 15 is 0 Å². The van der Waals surface area contributed by atoms with E-state index in [0.717, 1.165) is 23.4 Å². The molecule has 3 heterocycles. The smallest absolute Gasteiger partial charge is 0.256 e. The fraction of sp³-hybridized carbons (Fsp3) is 0.250. The van der Waals surface area contributed by atoms with E-state index in [9.17, 15) is 4.79 Å². The van der Waals surface area contributed by atoms with Crippen molar-refractivity contribution >= 4 is 39.1 Å². The molecule has 1 amide bonds. The molecule has 0 radical (unpaired) electrons. The fourth-order valence-corrected chi connectivity index (χ4v) is 5.02. The number of benzene rings is 2. The Kier molecular flexibility index (Phi) is 4.73. The first-order chi connectivity index (χ1) is 14.2. The van der Waals surface area contributed by atoms with Crippen LogP contribution in [0.4, 0.5) is 0 Å². The lowest BCUT2D eigenvalue weighted by molar-refractivity contribution is 0.0713. The number of rotatable bonds is 3. The summed E-state index contributed by atoms with van der Waals surface area (Å²) in [4.78, 5) is 19.9. The molecule has 29 heavy (non-hydrogen) atoms. The number of hydrogen-bond acceptors (Lipinski definition) is 6. The number of tetrazole rings is 1. The van der Waals surface area contributed by atoms with Crippen molar-refractivity contribution < 1.29 is 4.79 Å². The van der Waals surface area contributed by atoms with Crippen molar-refractivity contribution in [1.82, 2.24) is 30.1 Å². The summed E-state index contributed by atoms with van der Waals surface area (Å²) >= 11 is 7.92. The van der Waals surface area contributed by atoms with E-state index in [2.05, 4.69) is 21.6 Å². The third-order valence-electron chi connectivity index (χ3n) is 5.23. The molecule has 0 bridgehead atoms. The van der Waals surface area contributed by atoms with E-state index in [-0.39, 0.29) is 5.91 Å². The molecule has 146 valence electrons. The van der Waals surface area contributed by atoms with Gasteiger partial charge in [-0.3, -0.25) is 4.79 Å². The Morgan fingerprint density at radius 2 is 1.97 bits per heavy atom. The van der Waals surface area contributed by atoms with Crippen LogP contribution in [0.5, 0.6) is 0 Å². The van der Waals surface area contributed by atoms with Crippen molar-refractivity contribution in [3.05, 3.63) is 64.4 Å². The minimum absolute atomic E-state index is 0.0549. The third-order valence-corrected chi connectivity index (χ3v) is 6.66.